The largest absolute Gasteiger partial charge is 0.394 e. The van der Waals surface area contributed by atoms with Crippen LogP contribution in [0.4, 0.5) is 17.5 Å². The van der Waals surface area contributed by atoms with Gasteiger partial charge in [0, 0.05) is 24.5 Å². The number of fused-ring (bicyclic) bond motifs is 1. The molecular formula is C25H25N7O3. The van der Waals surface area contributed by atoms with Gasteiger partial charge in [0.2, 0.25) is 5.95 Å². The minimum Gasteiger partial charge on any atom is -0.394 e. The second-order valence-electron chi connectivity index (χ2n) is 8.80. The topological polar surface area (TPSA) is 129 Å². The van der Waals surface area contributed by atoms with Crippen LogP contribution in [0.5, 0.6) is 0 Å². The number of rotatable bonds is 7. The Bertz CT molecular complexity index is 1360. The van der Waals surface area contributed by atoms with E-state index in [2.05, 4.69) is 30.7 Å². The Hall–Kier alpha value is -4.31. The first-order valence-corrected chi connectivity index (χ1v) is 11.1. The molecule has 4 aromatic rings. The second-order valence-corrected chi connectivity index (χ2v) is 8.80. The molecule has 0 saturated carbocycles. The fraction of sp³-hybridized carbons (Fsp3) is 0.240. The zero-order chi connectivity index (χ0) is 24.6. The number of aliphatic hydroxyl groups is 1. The van der Waals surface area contributed by atoms with Crippen LogP contribution >= 0.6 is 0 Å². The van der Waals surface area contributed by atoms with Gasteiger partial charge >= 0.3 is 0 Å². The lowest BCUT2D eigenvalue weighted by molar-refractivity contribution is 0.0691. The van der Waals surface area contributed by atoms with Crippen LogP contribution < -0.4 is 10.6 Å². The lowest BCUT2D eigenvalue weighted by Crippen LogP contribution is -2.35. The lowest BCUT2D eigenvalue weighted by Gasteiger charge is -2.28. The standard InChI is InChI=1S/C25H25N7O3/c1-25(2)19-11-16(9-10-17(19)23(34)32(25)3)29-24-26-12-18(22-27-14-28-35-22)21(31-24)30-20(13-33)15-7-5-4-6-8-15/h4-12,14,20,33H,13H2,1-3H3,(H2,26,29,30,31)/t20-/m1/s1. The van der Waals surface area contributed by atoms with Gasteiger partial charge in [0.1, 0.15) is 11.4 Å². The van der Waals surface area contributed by atoms with Crippen molar-refractivity contribution in [3.63, 3.8) is 0 Å². The van der Waals surface area contributed by atoms with Gasteiger partial charge in [0.25, 0.3) is 11.8 Å². The third kappa shape index (κ3) is 4.08. The maximum Gasteiger partial charge on any atom is 0.262 e. The van der Waals surface area contributed by atoms with Crippen molar-refractivity contribution >= 4 is 23.4 Å². The van der Waals surface area contributed by atoms with Gasteiger partial charge in [0.15, 0.2) is 6.33 Å². The van der Waals surface area contributed by atoms with Gasteiger partial charge in [0.05, 0.1) is 18.2 Å². The van der Waals surface area contributed by atoms with E-state index in [0.29, 0.717) is 22.9 Å². The molecule has 0 radical (unpaired) electrons. The monoisotopic (exact) mass is 471 g/mol. The van der Waals surface area contributed by atoms with Crippen molar-refractivity contribution in [3.8, 4) is 11.5 Å². The average Bonchev–Trinajstić information content (AvgIpc) is 3.46. The number of hydrogen-bond donors (Lipinski definition) is 3. The van der Waals surface area contributed by atoms with Gasteiger partial charge in [-0.15, -0.1) is 0 Å². The molecule has 0 spiro atoms. The van der Waals surface area contributed by atoms with Gasteiger partial charge < -0.3 is 25.2 Å². The third-order valence-corrected chi connectivity index (χ3v) is 6.38. The van der Waals surface area contributed by atoms with Gasteiger partial charge in [-0.25, -0.2) is 4.98 Å². The SMILES string of the molecule is CN1C(=O)c2ccc(Nc3ncc(-c4ncno4)c(N[C@H](CO)c4ccccc4)n3)cc2C1(C)C. The molecule has 10 heteroatoms. The second kappa shape index (κ2) is 8.80. The molecular weight excluding hydrogens is 446 g/mol. The van der Waals surface area contributed by atoms with Crippen molar-refractivity contribution in [2.24, 2.45) is 0 Å². The van der Waals surface area contributed by atoms with Crippen LogP contribution in [-0.4, -0.2) is 49.7 Å². The first-order valence-electron chi connectivity index (χ1n) is 11.1. The molecule has 1 aliphatic heterocycles. The summed E-state index contributed by atoms with van der Waals surface area (Å²) in [4.78, 5) is 27.5. The fourth-order valence-corrected chi connectivity index (χ4v) is 4.14. The highest BCUT2D eigenvalue weighted by Gasteiger charge is 2.40. The van der Waals surface area contributed by atoms with Crippen molar-refractivity contribution in [2.75, 3.05) is 24.3 Å². The summed E-state index contributed by atoms with van der Waals surface area (Å²) in [5.74, 6) is 1.01. The van der Waals surface area contributed by atoms with Crippen molar-refractivity contribution in [1.82, 2.24) is 25.0 Å². The van der Waals surface area contributed by atoms with E-state index in [0.717, 1.165) is 16.8 Å². The zero-order valence-electron chi connectivity index (χ0n) is 19.6. The summed E-state index contributed by atoms with van der Waals surface area (Å²) < 4.78 is 5.23. The Morgan fingerprint density at radius 2 is 1.91 bits per heavy atom. The van der Waals surface area contributed by atoms with E-state index in [1.807, 2.05) is 62.4 Å². The number of benzene rings is 2. The molecule has 178 valence electrons. The minimum absolute atomic E-state index is 0.000784. The summed E-state index contributed by atoms with van der Waals surface area (Å²) in [5, 5.41) is 20.2. The molecule has 0 bridgehead atoms. The quantitative estimate of drug-likeness (QED) is 0.369. The van der Waals surface area contributed by atoms with Crippen LogP contribution in [0.15, 0.2) is 65.6 Å². The van der Waals surface area contributed by atoms with Crippen LogP contribution in [0, 0.1) is 0 Å². The zero-order valence-corrected chi connectivity index (χ0v) is 19.6. The minimum atomic E-state index is -0.427. The average molecular weight is 472 g/mol. The van der Waals surface area contributed by atoms with E-state index < -0.39 is 11.6 Å². The number of hydrogen-bond acceptors (Lipinski definition) is 9. The summed E-state index contributed by atoms with van der Waals surface area (Å²) >= 11 is 0. The number of carbonyl (C=O) groups excluding carboxylic acids is 1. The Morgan fingerprint density at radius 3 is 2.63 bits per heavy atom. The van der Waals surface area contributed by atoms with E-state index >= 15 is 0 Å². The Balaban J connectivity index is 1.49. The molecule has 0 unspecified atom stereocenters. The van der Waals surface area contributed by atoms with E-state index in [1.165, 1.54) is 6.33 Å². The molecule has 35 heavy (non-hydrogen) atoms. The molecule has 2 aromatic heterocycles. The maximum absolute atomic E-state index is 12.6. The first kappa shape index (κ1) is 22.5. The number of amides is 1. The number of anilines is 3. The predicted octanol–water partition coefficient (Wildman–Crippen LogP) is 3.74. The summed E-state index contributed by atoms with van der Waals surface area (Å²) in [6.45, 7) is 3.87. The van der Waals surface area contributed by atoms with Gasteiger partial charge in [-0.3, -0.25) is 4.79 Å². The fourth-order valence-electron chi connectivity index (χ4n) is 4.14. The third-order valence-electron chi connectivity index (χ3n) is 6.38. The van der Waals surface area contributed by atoms with E-state index in [-0.39, 0.29) is 18.4 Å². The predicted molar refractivity (Wildman–Crippen MR) is 130 cm³/mol. The highest BCUT2D eigenvalue weighted by atomic mass is 16.5. The number of aromatic nitrogens is 4. The summed E-state index contributed by atoms with van der Waals surface area (Å²) in [6.07, 6.45) is 2.88. The Morgan fingerprint density at radius 1 is 1.11 bits per heavy atom. The van der Waals surface area contributed by atoms with Crippen molar-refractivity contribution in [1.29, 1.82) is 0 Å². The van der Waals surface area contributed by atoms with E-state index in [4.69, 9.17) is 4.52 Å². The first-order chi connectivity index (χ1) is 16.9. The number of nitrogens with zero attached hydrogens (tertiary/aromatic N) is 5. The molecule has 1 amide bonds. The van der Waals surface area contributed by atoms with Crippen molar-refractivity contribution in [2.45, 2.75) is 25.4 Å². The Labute approximate surface area is 202 Å². The normalized spacial score (nSPS) is 15.1. The molecule has 10 nitrogen and oxygen atoms in total. The van der Waals surface area contributed by atoms with Crippen LogP contribution in [-0.2, 0) is 5.54 Å². The Kier molecular flexibility index (Phi) is 5.65. The molecule has 3 heterocycles. The van der Waals surface area contributed by atoms with Gasteiger partial charge in [-0.2, -0.15) is 9.97 Å². The molecule has 1 atom stereocenters. The van der Waals surface area contributed by atoms with Crippen LogP contribution in [0.1, 0.15) is 41.4 Å². The van der Waals surface area contributed by atoms with Crippen LogP contribution in [0.25, 0.3) is 11.5 Å². The molecule has 1 aliphatic rings. The van der Waals surface area contributed by atoms with Crippen molar-refractivity contribution < 1.29 is 14.4 Å². The molecule has 0 fully saturated rings. The molecule has 3 N–H and O–H groups in total. The van der Waals surface area contributed by atoms with Crippen LogP contribution in [0.3, 0.4) is 0 Å². The highest BCUT2D eigenvalue weighted by molar-refractivity contribution is 6.00. The molecule has 2 aromatic carbocycles. The lowest BCUT2D eigenvalue weighted by atomic mass is 9.93. The van der Waals surface area contributed by atoms with Crippen molar-refractivity contribution in [3.05, 3.63) is 77.7 Å². The van der Waals surface area contributed by atoms with E-state index in [1.54, 1.807) is 18.1 Å². The van der Waals surface area contributed by atoms with E-state index in [9.17, 15) is 9.90 Å². The van der Waals surface area contributed by atoms with Gasteiger partial charge in [-0.1, -0.05) is 35.5 Å². The number of carbonyl (C=O) groups is 1. The van der Waals surface area contributed by atoms with Crippen LogP contribution in [0.2, 0.25) is 0 Å². The summed E-state index contributed by atoms with van der Waals surface area (Å²) in [6, 6.07) is 14.7. The van der Waals surface area contributed by atoms with Gasteiger partial charge in [-0.05, 0) is 43.2 Å². The summed E-state index contributed by atoms with van der Waals surface area (Å²) in [7, 11) is 1.80. The summed E-state index contributed by atoms with van der Waals surface area (Å²) in [5.41, 5.74) is 3.34. The maximum atomic E-state index is 12.6. The number of nitrogens with one attached hydrogen (secondary N) is 2. The molecule has 0 saturated heterocycles. The highest BCUT2D eigenvalue weighted by Crippen LogP contribution is 2.39. The number of aliphatic hydroxyl groups excluding tert-OH is 1. The smallest absolute Gasteiger partial charge is 0.262 e. The molecule has 5 rings (SSSR count). The molecule has 0 aliphatic carbocycles.